The van der Waals surface area contributed by atoms with E-state index in [1.54, 1.807) is 0 Å². The van der Waals surface area contributed by atoms with Crippen LogP contribution in [0.5, 0.6) is 0 Å². The average molecular weight is 232 g/mol. The maximum atomic E-state index is 5.74. The van der Waals surface area contributed by atoms with Crippen LogP contribution in [0.15, 0.2) is 9.13 Å². The van der Waals surface area contributed by atoms with E-state index in [-0.39, 0.29) is 6.04 Å². The first kappa shape index (κ1) is 8.07. The van der Waals surface area contributed by atoms with Gasteiger partial charge in [0.25, 0.3) is 0 Å². The molecule has 2 rings (SSSR count). The summed E-state index contributed by atoms with van der Waals surface area (Å²) in [6.07, 6.45) is 2.24. The van der Waals surface area contributed by atoms with E-state index in [0.717, 1.165) is 18.7 Å². The van der Waals surface area contributed by atoms with Gasteiger partial charge in [-0.25, -0.2) is 0 Å². The molecule has 4 nitrogen and oxygen atoms in total. The number of halogens is 1. The summed E-state index contributed by atoms with van der Waals surface area (Å²) in [5.41, 5.74) is 6.36. The molecule has 5 heteroatoms. The molecule has 66 valence electrons. The van der Waals surface area contributed by atoms with Crippen LogP contribution in [0.4, 0.5) is 5.69 Å². The Morgan fingerprint density at radius 1 is 1.67 bits per heavy atom. The van der Waals surface area contributed by atoms with E-state index in [2.05, 4.69) is 26.4 Å². The number of nitrogens with one attached hydrogen (secondary N) is 1. The fraction of sp³-hybridized carbons (Fsp3) is 0.571. The zero-order valence-electron chi connectivity index (χ0n) is 6.51. The van der Waals surface area contributed by atoms with Crippen molar-refractivity contribution in [2.45, 2.75) is 18.9 Å². The van der Waals surface area contributed by atoms with Crippen LogP contribution in [0.2, 0.25) is 0 Å². The molecule has 0 spiro atoms. The Hall–Kier alpha value is -0.550. The van der Waals surface area contributed by atoms with Crippen LogP contribution in [0.3, 0.4) is 0 Å². The van der Waals surface area contributed by atoms with E-state index < -0.39 is 0 Å². The third-order valence-corrected chi connectivity index (χ3v) is 2.66. The van der Waals surface area contributed by atoms with Crippen LogP contribution in [0.25, 0.3) is 0 Å². The lowest BCUT2D eigenvalue weighted by Crippen LogP contribution is -2.13. The van der Waals surface area contributed by atoms with Gasteiger partial charge in [0, 0.05) is 0 Å². The van der Waals surface area contributed by atoms with Crippen molar-refractivity contribution in [3.05, 3.63) is 10.4 Å². The SMILES string of the molecule is Nc1c(Br)noc1C1CCCN1. The molecule has 12 heavy (non-hydrogen) atoms. The lowest BCUT2D eigenvalue weighted by atomic mass is 10.1. The maximum absolute atomic E-state index is 5.74. The van der Waals surface area contributed by atoms with Gasteiger partial charge in [-0.15, -0.1) is 0 Å². The first-order valence-corrected chi connectivity index (χ1v) is 4.72. The molecular formula is C7H10BrN3O. The number of nitrogens with zero attached hydrogens (tertiary/aromatic N) is 1. The Labute approximate surface area is 78.6 Å². The fourth-order valence-corrected chi connectivity index (χ4v) is 1.72. The Morgan fingerprint density at radius 3 is 3.00 bits per heavy atom. The molecule has 1 fully saturated rings. The highest BCUT2D eigenvalue weighted by atomic mass is 79.9. The third-order valence-electron chi connectivity index (χ3n) is 2.09. The molecule has 1 aromatic rings. The highest BCUT2D eigenvalue weighted by molar-refractivity contribution is 9.10. The third kappa shape index (κ3) is 1.23. The molecule has 1 aliphatic rings. The summed E-state index contributed by atoms with van der Waals surface area (Å²) in [4.78, 5) is 0. The van der Waals surface area contributed by atoms with Gasteiger partial charge in [-0.1, -0.05) is 5.16 Å². The normalized spacial score (nSPS) is 23.2. The minimum Gasteiger partial charge on any atom is -0.394 e. The van der Waals surface area contributed by atoms with E-state index in [1.807, 2.05) is 0 Å². The van der Waals surface area contributed by atoms with E-state index in [0.29, 0.717) is 10.3 Å². The quantitative estimate of drug-likeness (QED) is 0.768. The van der Waals surface area contributed by atoms with Crippen molar-refractivity contribution in [1.29, 1.82) is 0 Å². The molecule has 3 N–H and O–H groups in total. The summed E-state index contributed by atoms with van der Waals surface area (Å²) in [6.45, 7) is 1.03. The van der Waals surface area contributed by atoms with Gasteiger partial charge in [0.1, 0.15) is 5.69 Å². The molecule has 1 atom stereocenters. The first-order valence-electron chi connectivity index (χ1n) is 3.93. The molecule has 0 amide bonds. The number of hydrogen-bond acceptors (Lipinski definition) is 4. The van der Waals surface area contributed by atoms with Crippen LogP contribution in [-0.2, 0) is 0 Å². The van der Waals surface area contributed by atoms with Crippen LogP contribution in [-0.4, -0.2) is 11.7 Å². The van der Waals surface area contributed by atoms with Crippen LogP contribution in [0, 0.1) is 0 Å². The van der Waals surface area contributed by atoms with Gasteiger partial charge in [-0.2, -0.15) is 0 Å². The van der Waals surface area contributed by atoms with Gasteiger partial charge in [0.15, 0.2) is 10.4 Å². The summed E-state index contributed by atoms with van der Waals surface area (Å²) in [6, 6.07) is 0.254. The lowest BCUT2D eigenvalue weighted by Gasteiger charge is -2.04. The molecule has 0 saturated carbocycles. The lowest BCUT2D eigenvalue weighted by molar-refractivity contribution is 0.350. The molecule has 0 radical (unpaired) electrons. The highest BCUT2D eigenvalue weighted by Crippen LogP contribution is 2.31. The molecule has 1 aliphatic heterocycles. The summed E-state index contributed by atoms with van der Waals surface area (Å²) in [7, 11) is 0. The molecule has 2 heterocycles. The van der Waals surface area contributed by atoms with Crippen LogP contribution >= 0.6 is 15.9 Å². The predicted octanol–water partition coefficient (Wildman–Crippen LogP) is 1.44. The minimum absolute atomic E-state index is 0.254. The van der Waals surface area contributed by atoms with Crippen molar-refractivity contribution in [3.8, 4) is 0 Å². The van der Waals surface area contributed by atoms with Crippen molar-refractivity contribution in [3.63, 3.8) is 0 Å². The van der Waals surface area contributed by atoms with Gasteiger partial charge in [0.2, 0.25) is 0 Å². The topological polar surface area (TPSA) is 64.1 Å². The van der Waals surface area contributed by atoms with Crippen molar-refractivity contribution < 1.29 is 4.52 Å². The standard InChI is InChI=1S/C7H10BrN3O/c8-7-5(9)6(12-11-7)4-2-1-3-10-4/h4,10H,1-3,9H2. The highest BCUT2D eigenvalue weighted by Gasteiger charge is 2.24. The smallest absolute Gasteiger partial charge is 0.177 e. The monoisotopic (exact) mass is 231 g/mol. The first-order chi connectivity index (χ1) is 5.79. The number of aromatic nitrogens is 1. The fourth-order valence-electron chi connectivity index (χ4n) is 1.45. The van der Waals surface area contributed by atoms with Gasteiger partial charge in [-0.05, 0) is 35.3 Å². The zero-order valence-corrected chi connectivity index (χ0v) is 8.10. The van der Waals surface area contributed by atoms with E-state index in [4.69, 9.17) is 10.3 Å². The van der Waals surface area contributed by atoms with E-state index in [9.17, 15) is 0 Å². The van der Waals surface area contributed by atoms with Crippen LogP contribution < -0.4 is 11.1 Å². The average Bonchev–Trinajstić information content (AvgIpc) is 2.64. The van der Waals surface area contributed by atoms with Gasteiger partial charge >= 0.3 is 0 Å². The number of hydrogen-bond donors (Lipinski definition) is 2. The molecule has 1 saturated heterocycles. The van der Waals surface area contributed by atoms with Gasteiger partial charge in [0.05, 0.1) is 6.04 Å². The largest absolute Gasteiger partial charge is 0.394 e. The predicted molar refractivity (Wildman–Crippen MR) is 48.6 cm³/mol. The summed E-state index contributed by atoms with van der Waals surface area (Å²) < 4.78 is 5.70. The molecule has 0 aliphatic carbocycles. The Bertz CT molecular complexity index is 280. The van der Waals surface area contributed by atoms with Crippen molar-refractivity contribution in [1.82, 2.24) is 10.5 Å². The number of anilines is 1. The van der Waals surface area contributed by atoms with Crippen molar-refractivity contribution >= 4 is 21.6 Å². The maximum Gasteiger partial charge on any atom is 0.177 e. The number of nitrogen functional groups attached to an aromatic ring is 1. The second kappa shape index (κ2) is 3.06. The summed E-state index contributed by atoms with van der Waals surface area (Å²) in [5, 5.41) is 7.03. The second-order valence-corrected chi connectivity index (χ2v) is 3.65. The van der Waals surface area contributed by atoms with Gasteiger partial charge < -0.3 is 15.6 Å². The molecular weight excluding hydrogens is 222 g/mol. The van der Waals surface area contributed by atoms with Gasteiger partial charge in [-0.3, -0.25) is 0 Å². The Kier molecular flexibility index (Phi) is 2.06. The van der Waals surface area contributed by atoms with Crippen molar-refractivity contribution in [2.24, 2.45) is 0 Å². The number of rotatable bonds is 1. The van der Waals surface area contributed by atoms with E-state index in [1.165, 1.54) is 6.42 Å². The number of nitrogens with two attached hydrogens (primary N) is 1. The zero-order chi connectivity index (χ0) is 8.55. The van der Waals surface area contributed by atoms with Crippen molar-refractivity contribution in [2.75, 3.05) is 12.3 Å². The molecule has 0 bridgehead atoms. The Balaban J connectivity index is 2.26. The summed E-state index contributed by atoms with van der Waals surface area (Å²) in [5.74, 6) is 0.763. The molecule has 1 unspecified atom stereocenters. The van der Waals surface area contributed by atoms with Crippen LogP contribution in [0.1, 0.15) is 24.6 Å². The minimum atomic E-state index is 0.254. The van der Waals surface area contributed by atoms with E-state index >= 15 is 0 Å². The Morgan fingerprint density at radius 2 is 2.50 bits per heavy atom. The molecule has 0 aromatic carbocycles. The summed E-state index contributed by atoms with van der Waals surface area (Å²) >= 11 is 3.21. The second-order valence-electron chi connectivity index (χ2n) is 2.90. The molecule has 1 aromatic heterocycles.